The van der Waals surface area contributed by atoms with E-state index in [1.165, 1.54) is 0 Å². The van der Waals surface area contributed by atoms with Crippen molar-refractivity contribution in [3.05, 3.63) is 35.0 Å². The molecule has 0 radical (unpaired) electrons. The first kappa shape index (κ1) is 28.1. The van der Waals surface area contributed by atoms with E-state index < -0.39 is 6.10 Å². The number of nitrogens with two attached hydrogens (primary N) is 1. The van der Waals surface area contributed by atoms with Crippen molar-refractivity contribution in [2.75, 3.05) is 53.2 Å². The summed E-state index contributed by atoms with van der Waals surface area (Å²) in [6.45, 7) is 5.47. The van der Waals surface area contributed by atoms with Crippen molar-refractivity contribution in [3.63, 3.8) is 0 Å². The van der Waals surface area contributed by atoms with Crippen LogP contribution in [0.5, 0.6) is 5.75 Å². The summed E-state index contributed by atoms with van der Waals surface area (Å²) in [5.41, 5.74) is 7.84. The number of aliphatic hydroxyl groups excluding tert-OH is 1. The number of benzene rings is 1. The fourth-order valence-corrected chi connectivity index (χ4v) is 3.76. The van der Waals surface area contributed by atoms with E-state index in [2.05, 4.69) is 9.88 Å². The van der Waals surface area contributed by atoms with Crippen LogP contribution >= 0.6 is 36.4 Å². The van der Waals surface area contributed by atoms with Gasteiger partial charge in [0.1, 0.15) is 5.75 Å². The Morgan fingerprint density at radius 1 is 1.23 bits per heavy atom. The average Bonchev–Trinajstić information content (AvgIpc) is 2.76. The lowest BCUT2D eigenvalue weighted by Gasteiger charge is -2.34. The topological polar surface area (TPSA) is 90.1 Å². The zero-order valence-electron chi connectivity index (χ0n) is 17.7. The molecular weight excluding hydrogens is 465 g/mol. The molecule has 0 amide bonds. The molecule has 2 aliphatic rings. The lowest BCUT2D eigenvalue weighted by Crippen LogP contribution is -2.50. The van der Waals surface area contributed by atoms with E-state index in [1.807, 2.05) is 18.2 Å². The molecule has 2 saturated heterocycles. The predicted molar refractivity (Wildman–Crippen MR) is 128 cm³/mol. The number of aromatic nitrogens is 1. The molecule has 1 aromatic heterocycles. The first-order valence-corrected chi connectivity index (χ1v) is 10.4. The van der Waals surface area contributed by atoms with Gasteiger partial charge in [0.25, 0.3) is 0 Å². The molecular formula is C21H32Cl3N3O4. The van der Waals surface area contributed by atoms with Gasteiger partial charge in [-0.05, 0) is 43.1 Å². The lowest BCUT2D eigenvalue weighted by atomic mass is 10.0. The number of fused-ring (bicyclic) bond motifs is 1. The van der Waals surface area contributed by atoms with Gasteiger partial charge >= 0.3 is 0 Å². The monoisotopic (exact) mass is 495 g/mol. The summed E-state index contributed by atoms with van der Waals surface area (Å²) >= 11 is 6.38. The number of methoxy groups -OCH3 is 1. The van der Waals surface area contributed by atoms with Gasteiger partial charge < -0.3 is 30.0 Å². The van der Waals surface area contributed by atoms with Gasteiger partial charge in [-0.3, -0.25) is 4.98 Å². The maximum atomic E-state index is 9.92. The Morgan fingerprint density at radius 2 is 1.90 bits per heavy atom. The highest BCUT2D eigenvalue weighted by atomic mass is 35.5. The standard InChI is InChI=1S/C17H22ClN3O2.C4H8O2.2ClH/c1-23-11-2-3-16-13(8-11)12(14(18)9-20-16)4-6-21-7-5-15(19)17(22)10-21;1-2-6-4-3-5-1;;/h2-3,8-9,15,17,22H,4-7,10,19H2,1H3;1-4H2;2*1H/t15-,17+;;;/m0.../s1. The van der Waals surface area contributed by atoms with Crippen LogP contribution in [0.3, 0.4) is 0 Å². The summed E-state index contributed by atoms with van der Waals surface area (Å²) in [5, 5.41) is 11.6. The Balaban J connectivity index is 0.000000522. The number of rotatable bonds is 4. The molecule has 0 spiro atoms. The van der Waals surface area contributed by atoms with Gasteiger partial charge in [-0.2, -0.15) is 0 Å². The van der Waals surface area contributed by atoms with E-state index in [0.29, 0.717) is 11.6 Å². The van der Waals surface area contributed by atoms with E-state index in [0.717, 1.165) is 74.6 Å². The summed E-state index contributed by atoms with van der Waals surface area (Å²) in [6.07, 6.45) is 2.87. The fraction of sp³-hybridized carbons (Fsp3) is 0.571. The van der Waals surface area contributed by atoms with E-state index in [4.69, 9.17) is 31.5 Å². The highest BCUT2D eigenvalue weighted by Gasteiger charge is 2.24. The van der Waals surface area contributed by atoms with Gasteiger partial charge in [0.05, 0.1) is 50.2 Å². The SMILES string of the molecule is C1COCCO1.COc1ccc2ncc(Cl)c(CCN3CC[C@H](N)[C@H](O)C3)c2c1.Cl.Cl. The molecule has 176 valence electrons. The highest BCUT2D eigenvalue weighted by molar-refractivity contribution is 6.32. The molecule has 4 rings (SSSR count). The first-order valence-electron chi connectivity index (χ1n) is 10.0. The van der Waals surface area contributed by atoms with Gasteiger partial charge in [-0.25, -0.2) is 0 Å². The second-order valence-corrected chi connectivity index (χ2v) is 7.67. The third-order valence-electron chi connectivity index (χ3n) is 5.27. The Kier molecular flexibility index (Phi) is 13.0. The smallest absolute Gasteiger partial charge is 0.119 e. The molecule has 0 unspecified atom stereocenters. The third kappa shape index (κ3) is 8.18. The Morgan fingerprint density at radius 3 is 2.48 bits per heavy atom. The lowest BCUT2D eigenvalue weighted by molar-refractivity contribution is -0.0334. The van der Waals surface area contributed by atoms with Gasteiger partial charge in [0, 0.05) is 30.7 Å². The van der Waals surface area contributed by atoms with E-state index in [9.17, 15) is 5.11 Å². The van der Waals surface area contributed by atoms with Crippen molar-refractivity contribution in [2.45, 2.75) is 25.0 Å². The minimum absolute atomic E-state index is 0. The minimum atomic E-state index is -0.450. The molecule has 31 heavy (non-hydrogen) atoms. The summed E-state index contributed by atoms with van der Waals surface area (Å²) in [6, 6.07) is 5.71. The second-order valence-electron chi connectivity index (χ2n) is 7.26. The van der Waals surface area contributed by atoms with Gasteiger partial charge in [0.15, 0.2) is 0 Å². The molecule has 0 saturated carbocycles. The molecule has 3 N–H and O–H groups in total. The Hall–Kier alpha value is -0.900. The van der Waals surface area contributed by atoms with Crippen LogP contribution in [-0.4, -0.2) is 80.3 Å². The number of aliphatic hydroxyl groups is 1. The van der Waals surface area contributed by atoms with Crippen LogP contribution in [-0.2, 0) is 15.9 Å². The molecule has 7 nitrogen and oxygen atoms in total. The van der Waals surface area contributed by atoms with Crippen LogP contribution in [0.15, 0.2) is 24.4 Å². The van der Waals surface area contributed by atoms with Crippen molar-refractivity contribution in [2.24, 2.45) is 5.73 Å². The van der Waals surface area contributed by atoms with E-state index in [-0.39, 0.29) is 30.9 Å². The molecule has 0 aliphatic carbocycles. The fourth-order valence-electron chi connectivity index (χ4n) is 3.51. The number of likely N-dealkylation sites (tertiary alicyclic amines) is 1. The molecule has 2 fully saturated rings. The third-order valence-corrected chi connectivity index (χ3v) is 5.60. The molecule has 2 aromatic rings. The van der Waals surface area contributed by atoms with Gasteiger partial charge in [-0.15, -0.1) is 24.8 Å². The predicted octanol–water partition coefficient (Wildman–Crippen LogP) is 2.71. The largest absolute Gasteiger partial charge is 0.497 e. The summed E-state index contributed by atoms with van der Waals surface area (Å²) in [7, 11) is 1.65. The van der Waals surface area contributed by atoms with Crippen molar-refractivity contribution in [1.29, 1.82) is 0 Å². The van der Waals surface area contributed by atoms with Gasteiger partial charge in [0.2, 0.25) is 0 Å². The van der Waals surface area contributed by atoms with Crippen molar-refractivity contribution in [3.8, 4) is 5.75 Å². The number of hydrogen-bond donors (Lipinski definition) is 2. The van der Waals surface area contributed by atoms with Crippen LogP contribution < -0.4 is 10.5 Å². The Labute approximate surface area is 201 Å². The zero-order chi connectivity index (χ0) is 20.6. The average molecular weight is 497 g/mol. The van der Waals surface area contributed by atoms with Crippen LogP contribution in [0.1, 0.15) is 12.0 Å². The zero-order valence-corrected chi connectivity index (χ0v) is 20.1. The van der Waals surface area contributed by atoms with Crippen molar-refractivity contribution >= 4 is 47.3 Å². The number of halogens is 3. The maximum absolute atomic E-state index is 9.92. The number of piperidine rings is 1. The number of hydrogen-bond acceptors (Lipinski definition) is 7. The van der Waals surface area contributed by atoms with Crippen molar-refractivity contribution in [1.82, 2.24) is 9.88 Å². The minimum Gasteiger partial charge on any atom is -0.497 e. The van der Waals surface area contributed by atoms with Crippen LogP contribution in [0, 0.1) is 0 Å². The number of β-amino-alcohol motifs (C(OH)–C–C–N with tert-alkyl or cyclic N) is 1. The van der Waals surface area contributed by atoms with Crippen molar-refractivity contribution < 1.29 is 19.3 Å². The second kappa shape index (κ2) is 14.3. The molecule has 2 aliphatic heterocycles. The summed E-state index contributed by atoms with van der Waals surface area (Å²) in [5.74, 6) is 0.794. The highest BCUT2D eigenvalue weighted by Crippen LogP contribution is 2.28. The Bertz CT molecular complexity index is 784. The summed E-state index contributed by atoms with van der Waals surface area (Å²) in [4.78, 5) is 6.61. The maximum Gasteiger partial charge on any atom is 0.119 e. The number of pyridine rings is 1. The quantitative estimate of drug-likeness (QED) is 0.672. The van der Waals surface area contributed by atoms with E-state index >= 15 is 0 Å². The molecule has 0 bridgehead atoms. The molecule has 10 heteroatoms. The number of ether oxygens (including phenoxy) is 3. The molecule has 2 atom stereocenters. The summed E-state index contributed by atoms with van der Waals surface area (Å²) < 4.78 is 15.2. The first-order chi connectivity index (χ1) is 14.1. The van der Waals surface area contributed by atoms with Gasteiger partial charge in [-0.1, -0.05) is 11.6 Å². The van der Waals surface area contributed by atoms with Crippen LogP contribution in [0.25, 0.3) is 10.9 Å². The molecule has 3 heterocycles. The normalized spacial score (nSPS) is 21.3. The number of nitrogens with zero attached hydrogens (tertiary/aromatic N) is 2. The van der Waals surface area contributed by atoms with E-state index in [1.54, 1.807) is 13.3 Å². The van der Waals surface area contributed by atoms with Crippen LogP contribution in [0.4, 0.5) is 0 Å². The molecule has 1 aromatic carbocycles. The van der Waals surface area contributed by atoms with Crippen LogP contribution in [0.2, 0.25) is 5.02 Å².